The number of sulfonamides is 1. The van der Waals surface area contributed by atoms with Crippen molar-refractivity contribution >= 4 is 33.0 Å². The van der Waals surface area contributed by atoms with Gasteiger partial charge in [0.1, 0.15) is 16.8 Å². The van der Waals surface area contributed by atoms with Crippen LogP contribution in [0.3, 0.4) is 0 Å². The molecule has 2 aliphatic heterocycles. The Morgan fingerprint density at radius 3 is 2.22 bits per heavy atom. The number of piperidine rings is 1. The van der Waals surface area contributed by atoms with Gasteiger partial charge in [-0.2, -0.15) is 5.26 Å². The van der Waals surface area contributed by atoms with E-state index in [9.17, 15) is 18.5 Å². The van der Waals surface area contributed by atoms with Crippen molar-refractivity contribution in [2.45, 2.75) is 30.7 Å². The zero-order valence-electron chi connectivity index (χ0n) is 22.9. The standard InChI is InChI=1S/C30H33FN6O3S/c1-21-18-25(31)24(19-26(21)34-23-10-12-35(13-11-23)27-7-3-2-6-22(27)20-32)30(38)37-16-14-36(15-17-37)28-8-4-5-9-29(28)41(33,39)40/h2-9,18-19,23,34H,10-17H2,1H3,(H2,33,39,40). The van der Waals surface area contributed by atoms with Gasteiger partial charge in [-0.25, -0.2) is 17.9 Å². The summed E-state index contributed by atoms with van der Waals surface area (Å²) in [5, 5.41) is 18.3. The smallest absolute Gasteiger partial charge is 0.257 e. The summed E-state index contributed by atoms with van der Waals surface area (Å²) in [5.74, 6) is -0.962. The summed E-state index contributed by atoms with van der Waals surface area (Å²) in [6, 6.07) is 19.5. The molecular weight excluding hydrogens is 543 g/mol. The second-order valence-electron chi connectivity index (χ2n) is 10.5. The maximum Gasteiger partial charge on any atom is 0.257 e. The van der Waals surface area contributed by atoms with E-state index in [1.807, 2.05) is 36.1 Å². The predicted octanol–water partition coefficient (Wildman–Crippen LogP) is 3.70. The molecule has 2 saturated heterocycles. The fourth-order valence-electron chi connectivity index (χ4n) is 5.60. The molecule has 11 heteroatoms. The van der Waals surface area contributed by atoms with E-state index < -0.39 is 21.7 Å². The van der Waals surface area contributed by atoms with E-state index >= 15 is 4.39 Å². The number of benzene rings is 3. The number of primary sulfonamides is 1. The highest BCUT2D eigenvalue weighted by Gasteiger charge is 2.28. The third-order valence-electron chi connectivity index (χ3n) is 7.84. The Kier molecular flexibility index (Phi) is 8.15. The number of nitrogens with one attached hydrogen (secondary N) is 1. The fraction of sp³-hybridized carbons (Fsp3) is 0.333. The SMILES string of the molecule is Cc1cc(F)c(C(=O)N2CCN(c3ccccc3S(N)(=O)=O)CC2)cc1NC1CCN(c2ccccc2C#N)CC1. The molecule has 2 aliphatic rings. The lowest BCUT2D eigenvalue weighted by atomic mass is 10.0. The van der Waals surface area contributed by atoms with E-state index in [2.05, 4.69) is 16.3 Å². The van der Waals surface area contributed by atoms with Gasteiger partial charge in [-0.3, -0.25) is 4.79 Å². The van der Waals surface area contributed by atoms with Crippen LogP contribution in [-0.2, 0) is 10.0 Å². The molecule has 0 aliphatic carbocycles. The van der Waals surface area contributed by atoms with Crippen LogP contribution in [0.25, 0.3) is 0 Å². The number of nitrogens with zero attached hydrogens (tertiary/aromatic N) is 4. The number of amides is 1. The van der Waals surface area contributed by atoms with Crippen LogP contribution in [-0.4, -0.2) is 64.5 Å². The fourth-order valence-corrected chi connectivity index (χ4v) is 6.36. The van der Waals surface area contributed by atoms with Crippen LogP contribution in [0.4, 0.5) is 21.5 Å². The average molecular weight is 577 g/mol. The second kappa shape index (κ2) is 11.8. The highest BCUT2D eigenvalue weighted by molar-refractivity contribution is 7.89. The summed E-state index contributed by atoms with van der Waals surface area (Å²) in [6.07, 6.45) is 1.67. The number of hydrogen-bond donors (Lipinski definition) is 2. The number of piperazine rings is 1. The van der Waals surface area contributed by atoms with Crippen molar-refractivity contribution in [3.05, 3.63) is 83.2 Å². The minimum atomic E-state index is -3.90. The quantitative estimate of drug-likeness (QED) is 0.459. The van der Waals surface area contributed by atoms with Crippen LogP contribution in [0, 0.1) is 24.1 Å². The molecular formula is C30H33FN6O3S. The summed E-state index contributed by atoms with van der Waals surface area (Å²) in [5.41, 5.74) is 3.56. The Labute approximate surface area is 240 Å². The van der Waals surface area contributed by atoms with E-state index in [1.54, 1.807) is 29.2 Å². The largest absolute Gasteiger partial charge is 0.382 e. The van der Waals surface area contributed by atoms with Crippen LogP contribution < -0.4 is 20.3 Å². The van der Waals surface area contributed by atoms with E-state index in [0.29, 0.717) is 37.4 Å². The topological polar surface area (TPSA) is 123 Å². The normalized spacial score (nSPS) is 16.4. The Bertz CT molecular complexity index is 1590. The van der Waals surface area contributed by atoms with Gasteiger partial charge in [-0.05, 0) is 61.7 Å². The molecule has 3 N–H and O–H groups in total. The molecule has 5 rings (SSSR count). The number of carbonyl (C=O) groups is 1. The molecule has 0 bridgehead atoms. The van der Waals surface area contributed by atoms with Gasteiger partial charge in [0, 0.05) is 51.0 Å². The van der Waals surface area contributed by atoms with Crippen LogP contribution in [0.2, 0.25) is 0 Å². The third kappa shape index (κ3) is 6.14. The molecule has 0 spiro atoms. The second-order valence-corrected chi connectivity index (χ2v) is 12.0. The highest BCUT2D eigenvalue weighted by atomic mass is 32.2. The Balaban J connectivity index is 1.24. The van der Waals surface area contributed by atoms with Gasteiger partial charge in [-0.15, -0.1) is 0 Å². The average Bonchev–Trinajstić information content (AvgIpc) is 2.98. The van der Waals surface area contributed by atoms with Gasteiger partial charge >= 0.3 is 0 Å². The molecule has 3 aromatic carbocycles. The number of carbonyl (C=O) groups excluding carboxylic acids is 1. The first-order valence-corrected chi connectivity index (χ1v) is 15.2. The minimum Gasteiger partial charge on any atom is -0.382 e. The number of halogens is 1. The van der Waals surface area contributed by atoms with Gasteiger partial charge in [0.15, 0.2) is 0 Å². The predicted molar refractivity (Wildman–Crippen MR) is 157 cm³/mol. The number of nitriles is 1. The van der Waals surface area contributed by atoms with E-state index in [0.717, 1.165) is 42.9 Å². The van der Waals surface area contributed by atoms with Crippen molar-refractivity contribution in [3.63, 3.8) is 0 Å². The lowest BCUT2D eigenvalue weighted by Gasteiger charge is -2.37. The summed E-state index contributed by atoms with van der Waals surface area (Å²) < 4.78 is 39.1. The number of anilines is 3. The van der Waals surface area contributed by atoms with Gasteiger partial charge in [-0.1, -0.05) is 24.3 Å². The molecule has 0 saturated carbocycles. The number of para-hydroxylation sites is 2. The highest BCUT2D eigenvalue weighted by Crippen LogP contribution is 2.29. The van der Waals surface area contributed by atoms with Crippen LogP contribution in [0.15, 0.2) is 65.6 Å². The summed E-state index contributed by atoms with van der Waals surface area (Å²) in [6.45, 7) is 4.80. The van der Waals surface area contributed by atoms with Crippen molar-refractivity contribution in [1.29, 1.82) is 5.26 Å². The summed E-state index contributed by atoms with van der Waals surface area (Å²) >= 11 is 0. The van der Waals surface area contributed by atoms with Crippen molar-refractivity contribution in [2.75, 3.05) is 54.4 Å². The molecule has 0 radical (unpaired) electrons. The van der Waals surface area contributed by atoms with E-state index in [4.69, 9.17) is 5.14 Å². The molecule has 0 unspecified atom stereocenters. The van der Waals surface area contributed by atoms with Gasteiger partial charge in [0.2, 0.25) is 10.0 Å². The first-order chi connectivity index (χ1) is 19.7. The first kappa shape index (κ1) is 28.4. The maximum atomic E-state index is 15.1. The summed E-state index contributed by atoms with van der Waals surface area (Å²) in [4.78, 5) is 19.1. The first-order valence-electron chi connectivity index (χ1n) is 13.6. The number of aryl methyl sites for hydroxylation is 1. The minimum absolute atomic E-state index is 0.0110. The molecule has 3 aromatic rings. The summed E-state index contributed by atoms with van der Waals surface area (Å²) in [7, 11) is -3.90. The van der Waals surface area contributed by atoms with Crippen molar-refractivity contribution < 1.29 is 17.6 Å². The maximum absolute atomic E-state index is 15.1. The lowest BCUT2D eigenvalue weighted by Crippen LogP contribution is -2.49. The lowest BCUT2D eigenvalue weighted by molar-refractivity contribution is 0.0742. The van der Waals surface area contributed by atoms with Crippen molar-refractivity contribution in [1.82, 2.24) is 4.90 Å². The monoisotopic (exact) mass is 576 g/mol. The van der Waals surface area contributed by atoms with E-state index in [1.165, 1.54) is 12.1 Å². The number of rotatable bonds is 6. The van der Waals surface area contributed by atoms with Crippen LogP contribution in [0.5, 0.6) is 0 Å². The van der Waals surface area contributed by atoms with Crippen LogP contribution in [0.1, 0.15) is 34.3 Å². The van der Waals surface area contributed by atoms with Gasteiger partial charge in [0.25, 0.3) is 5.91 Å². The molecule has 0 aromatic heterocycles. The third-order valence-corrected chi connectivity index (χ3v) is 8.80. The van der Waals surface area contributed by atoms with Crippen molar-refractivity contribution in [2.24, 2.45) is 5.14 Å². The molecule has 0 atom stereocenters. The molecule has 214 valence electrons. The zero-order valence-corrected chi connectivity index (χ0v) is 23.7. The number of nitrogens with two attached hydrogens (primary N) is 1. The Morgan fingerprint density at radius 1 is 0.951 bits per heavy atom. The molecule has 9 nitrogen and oxygen atoms in total. The Morgan fingerprint density at radius 2 is 1.56 bits per heavy atom. The van der Waals surface area contributed by atoms with Gasteiger partial charge < -0.3 is 20.0 Å². The zero-order chi connectivity index (χ0) is 29.1. The molecule has 1 amide bonds. The van der Waals surface area contributed by atoms with Crippen molar-refractivity contribution in [3.8, 4) is 6.07 Å². The van der Waals surface area contributed by atoms with Crippen LogP contribution >= 0.6 is 0 Å². The van der Waals surface area contributed by atoms with Gasteiger partial charge in [0.05, 0.1) is 22.5 Å². The molecule has 41 heavy (non-hydrogen) atoms. The molecule has 2 heterocycles. The molecule has 2 fully saturated rings. The van der Waals surface area contributed by atoms with E-state index in [-0.39, 0.29) is 16.5 Å². The number of hydrogen-bond acceptors (Lipinski definition) is 7. The Hall–Kier alpha value is -4.14.